The number of halogens is 3. The Morgan fingerprint density at radius 1 is 1.13 bits per heavy atom. The Bertz CT molecular complexity index is 889. The zero-order valence-corrected chi connectivity index (χ0v) is 16.2. The monoisotopic (exact) mass is 424 g/mol. The van der Waals surface area contributed by atoms with Gasteiger partial charge in [0.1, 0.15) is 12.1 Å². The summed E-state index contributed by atoms with van der Waals surface area (Å²) in [6, 6.07) is 2.32. The van der Waals surface area contributed by atoms with Gasteiger partial charge in [0.15, 0.2) is 0 Å². The van der Waals surface area contributed by atoms with Gasteiger partial charge in [-0.2, -0.15) is 13.2 Å². The van der Waals surface area contributed by atoms with Gasteiger partial charge in [-0.25, -0.2) is 0 Å². The van der Waals surface area contributed by atoms with Crippen molar-refractivity contribution < 1.29 is 27.6 Å². The van der Waals surface area contributed by atoms with E-state index in [0.29, 0.717) is 23.1 Å². The van der Waals surface area contributed by atoms with E-state index in [2.05, 4.69) is 5.32 Å². The SMILES string of the molecule is NC1CCC(C(F)(F)F)N(Cc2cccc3c2CN(C2CCC(=O)NC2=O)C3=O)C1. The summed E-state index contributed by atoms with van der Waals surface area (Å²) in [4.78, 5) is 39.2. The zero-order chi connectivity index (χ0) is 21.6. The molecule has 3 amide bonds. The van der Waals surface area contributed by atoms with Gasteiger partial charge in [-0.15, -0.1) is 0 Å². The number of imide groups is 1. The quantitative estimate of drug-likeness (QED) is 0.714. The van der Waals surface area contributed by atoms with Crippen LogP contribution < -0.4 is 11.1 Å². The molecule has 1 aromatic rings. The highest BCUT2D eigenvalue weighted by Crippen LogP contribution is 2.35. The third-order valence-corrected chi connectivity index (χ3v) is 6.15. The van der Waals surface area contributed by atoms with Gasteiger partial charge < -0.3 is 10.6 Å². The van der Waals surface area contributed by atoms with E-state index >= 15 is 0 Å². The van der Waals surface area contributed by atoms with Crippen LogP contribution in [0.2, 0.25) is 0 Å². The summed E-state index contributed by atoms with van der Waals surface area (Å²) >= 11 is 0. The molecule has 1 aromatic carbocycles. The lowest BCUT2D eigenvalue weighted by Gasteiger charge is -2.39. The van der Waals surface area contributed by atoms with Gasteiger partial charge in [-0.1, -0.05) is 12.1 Å². The first-order chi connectivity index (χ1) is 14.1. The predicted octanol–water partition coefficient (Wildman–Crippen LogP) is 1.30. The van der Waals surface area contributed by atoms with Gasteiger partial charge in [0.25, 0.3) is 5.91 Å². The summed E-state index contributed by atoms with van der Waals surface area (Å²) in [5.41, 5.74) is 7.57. The summed E-state index contributed by atoms with van der Waals surface area (Å²) in [6.07, 6.45) is -3.72. The van der Waals surface area contributed by atoms with Gasteiger partial charge in [-0.05, 0) is 36.5 Å². The first kappa shape index (κ1) is 20.8. The van der Waals surface area contributed by atoms with Crippen LogP contribution >= 0.6 is 0 Å². The van der Waals surface area contributed by atoms with Crippen LogP contribution in [-0.4, -0.2) is 58.4 Å². The molecule has 3 atom stereocenters. The molecular formula is C20H23F3N4O3. The smallest absolute Gasteiger partial charge is 0.327 e. The van der Waals surface area contributed by atoms with Crippen LogP contribution in [0.1, 0.15) is 47.2 Å². The van der Waals surface area contributed by atoms with E-state index in [9.17, 15) is 27.6 Å². The lowest BCUT2D eigenvalue weighted by atomic mass is 9.96. The molecule has 0 saturated carbocycles. The summed E-state index contributed by atoms with van der Waals surface area (Å²) in [6.45, 7) is 0.281. The second-order valence-electron chi connectivity index (χ2n) is 8.17. The Morgan fingerprint density at radius 3 is 2.60 bits per heavy atom. The zero-order valence-electron chi connectivity index (χ0n) is 16.2. The van der Waals surface area contributed by atoms with Gasteiger partial charge >= 0.3 is 6.18 Å². The number of nitrogens with zero attached hydrogens (tertiary/aromatic N) is 2. The highest BCUT2D eigenvalue weighted by Gasteiger charge is 2.46. The molecule has 0 spiro atoms. The minimum atomic E-state index is -4.35. The largest absolute Gasteiger partial charge is 0.404 e. The molecule has 3 unspecified atom stereocenters. The van der Waals surface area contributed by atoms with Crippen molar-refractivity contribution in [2.75, 3.05) is 6.54 Å². The maximum absolute atomic E-state index is 13.5. The lowest BCUT2D eigenvalue weighted by Crippen LogP contribution is -2.54. The predicted molar refractivity (Wildman–Crippen MR) is 99.9 cm³/mol. The minimum Gasteiger partial charge on any atom is -0.327 e. The highest BCUT2D eigenvalue weighted by atomic mass is 19.4. The summed E-state index contributed by atoms with van der Waals surface area (Å²) in [5, 5.41) is 2.24. The average Bonchev–Trinajstić information content (AvgIpc) is 2.99. The van der Waals surface area contributed by atoms with Crippen LogP contribution in [0.3, 0.4) is 0 Å². The Balaban J connectivity index is 1.58. The Morgan fingerprint density at radius 2 is 1.90 bits per heavy atom. The summed E-state index contributed by atoms with van der Waals surface area (Å²) in [7, 11) is 0. The van der Waals surface area contributed by atoms with Crippen molar-refractivity contribution in [2.24, 2.45) is 5.73 Å². The van der Waals surface area contributed by atoms with Gasteiger partial charge in [0.05, 0.1) is 0 Å². The van der Waals surface area contributed by atoms with E-state index in [1.165, 1.54) is 9.80 Å². The van der Waals surface area contributed by atoms with Crippen molar-refractivity contribution in [3.63, 3.8) is 0 Å². The van der Waals surface area contributed by atoms with E-state index in [4.69, 9.17) is 5.73 Å². The molecule has 10 heteroatoms. The number of carbonyl (C=O) groups is 3. The number of nitrogens with one attached hydrogen (secondary N) is 1. The topological polar surface area (TPSA) is 95.7 Å². The van der Waals surface area contributed by atoms with Crippen LogP contribution in [0, 0.1) is 0 Å². The number of rotatable bonds is 3. The highest BCUT2D eigenvalue weighted by molar-refractivity contribution is 6.05. The molecule has 3 aliphatic rings. The molecule has 3 heterocycles. The van der Waals surface area contributed by atoms with Crippen LogP contribution in [0.25, 0.3) is 0 Å². The van der Waals surface area contributed by atoms with Crippen molar-refractivity contribution in [2.45, 2.75) is 63.1 Å². The van der Waals surface area contributed by atoms with E-state index in [-0.39, 0.29) is 56.8 Å². The molecule has 162 valence electrons. The molecule has 0 aromatic heterocycles. The van der Waals surface area contributed by atoms with Crippen LogP contribution in [-0.2, 0) is 22.7 Å². The number of fused-ring (bicyclic) bond motifs is 1. The number of hydrogen-bond donors (Lipinski definition) is 2. The van der Waals surface area contributed by atoms with Crippen molar-refractivity contribution in [3.8, 4) is 0 Å². The van der Waals surface area contributed by atoms with Crippen LogP contribution in [0.5, 0.6) is 0 Å². The normalized spacial score (nSPS) is 27.9. The maximum atomic E-state index is 13.5. The first-order valence-electron chi connectivity index (χ1n) is 9.97. The Hall–Kier alpha value is -2.46. The molecular weight excluding hydrogens is 401 g/mol. The van der Waals surface area contributed by atoms with Crippen molar-refractivity contribution in [1.82, 2.24) is 15.1 Å². The van der Waals surface area contributed by atoms with E-state index in [1.54, 1.807) is 18.2 Å². The van der Waals surface area contributed by atoms with Gasteiger partial charge in [0, 0.05) is 37.7 Å². The molecule has 3 N–H and O–H groups in total. The molecule has 30 heavy (non-hydrogen) atoms. The molecule has 0 radical (unpaired) electrons. The van der Waals surface area contributed by atoms with Crippen molar-refractivity contribution in [3.05, 3.63) is 34.9 Å². The molecule has 3 aliphatic heterocycles. The van der Waals surface area contributed by atoms with Crippen molar-refractivity contribution >= 4 is 17.7 Å². The second-order valence-corrected chi connectivity index (χ2v) is 8.17. The van der Waals surface area contributed by atoms with E-state index in [0.717, 1.165) is 0 Å². The second kappa shape index (κ2) is 7.66. The molecule has 2 saturated heterocycles. The first-order valence-corrected chi connectivity index (χ1v) is 9.97. The molecule has 0 bridgehead atoms. The number of piperidine rings is 2. The number of hydrogen-bond acceptors (Lipinski definition) is 5. The number of alkyl halides is 3. The van der Waals surface area contributed by atoms with E-state index < -0.39 is 24.2 Å². The Labute approximate surface area is 171 Å². The van der Waals surface area contributed by atoms with Gasteiger partial charge in [0.2, 0.25) is 11.8 Å². The fraction of sp³-hybridized carbons (Fsp3) is 0.550. The van der Waals surface area contributed by atoms with Gasteiger partial charge in [-0.3, -0.25) is 24.6 Å². The fourth-order valence-corrected chi connectivity index (χ4v) is 4.64. The molecule has 7 nitrogen and oxygen atoms in total. The van der Waals surface area contributed by atoms with Crippen LogP contribution in [0.4, 0.5) is 13.2 Å². The third kappa shape index (κ3) is 3.81. The number of likely N-dealkylation sites (tertiary alicyclic amines) is 1. The minimum absolute atomic E-state index is 0.0253. The lowest BCUT2D eigenvalue weighted by molar-refractivity contribution is -0.193. The third-order valence-electron chi connectivity index (χ3n) is 6.15. The molecule has 2 fully saturated rings. The van der Waals surface area contributed by atoms with Crippen molar-refractivity contribution in [1.29, 1.82) is 0 Å². The summed E-state index contributed by atoms with van der Waals surface area (Å²) in [5.74, 6) is -1.24. The standard InChI is InChI=1S/C20H23F3N4O3/c21-20(22,23)16-6-4-12(24)9-26(16)8-11-2-1-3-13-14(11)10-27(19(13)30)15-5-7-17(28)25-18(15)29/h1-3,12,15-16H,4-10,24H2,(H,25,28,29). The average molecular weight is 424 g/mol. The number of carbonyl (C=O) groups excluding carboxylic acids is 3. The maximum Gasteiger partial charge on any atom is 0.404 e. The Kier molecular flexibility index (Phi) is 5.31. The number of benzene rings is 1. The van der Waals surface area contributed by atoms with E-state index in [1.807, 2.05) is 0 Å². The van der Waals surface area contributed by atoms with Crippen LogP contribution in [0.15, 0.2) is 18.2 Å². The number of nitrogens with two attached hydrogens (primary N) is 1. The number of amides is 3. The molecule has 4 rings (SSSR count). The fourth-order valence-electron chi connectivity index (χ4n) is 4.64. The summed E-state index contributed by atoms with van der Waals surface area (Å²) < 4.78 is 40.6. The molecule has 0 aliphatic carbocycles.